The van der Waals surface area contributed by atoms with Crippen molar-refractivity contribution in [3.8, 4) is 0 Å². The monoisotopic (exact) mass is 1080 g/mol. The Morgan fingerprint density at radius 3 is 1.00 bits per heavy atom. The highest BCUT2D eigenvalue weighted by Gasteiger charge is 2.18. The van der Waals surface area contributed by atoms with Crippen molar-refractivity contribution < 1.29 is 24.5 Å². The Labute approximate surface area is 481 Å². The first-order valence-corrected chi connectivity index (χ1v) is 34.8. The van der Waals surface area contributed by atoms with Crippen LogP contribution in [0.15, 0.2) is 36.5 Å². The molecule has 1 amide bonds. The maximum atomic E-state index is 12.5. The van der Waals surface area contributed by atoms with Gasteiger partial charge in [0.2, 0.25) is 5.91 Å². The minimum Gasteiger partial charge on any atom is -0.466 e. The highest BCUT2D eigenvalue weighted by Crippen LogP contribution is 2.18. The molecule has 77 heavy (non-hydrogen) atoms. The van der Waals surface area contributed by atoms with E-state index >= 15 is 0 Å². The van der Waals surface area contributed by atoms with E-state index in [4.69, 9.17) is 4.74 Å². The van der Waals surface area contributed by atoms with E-state index in [1.807, 2.05) is 6.08 Å². The summed E-state index contributed by atoms with van der Waals surface area (Å²) >= 11 is 0. The van der Waals surface area contributed by atoms with Gasteiger partial charge in [-0.15, -0.1) is 0 Å². The van der Waals surface area contributed by atoms with Crippen LogP contribution in [0.4, 0.5) is 0 Å². The van der Waals surface area contributed by atoms with Gasteiger partial charge in [0.15, 0.2) is 0 Å². The number of nitrogens with one attached hydrogen (secondary N) is 1. The highest BCUT2D eigenvalue weighted by molar-refractivity contribution is 5.76. The number of hydrogen-bond donors (Lipinski definition) is 3. The molecule has 0 rings (SSSR count). The van der Waals surface area contributed by atoms with Gasteiger partial charge in [0.05, 0.1) is 25.4 Å². The molecule has 0 heterocycles. The maximum Gasteiger partial charge on any atom is 0.305 e. The standard InChI is InChI=1S/C71H135NO5/c1-3-5-7-9-11-13-15-17-19-21-22-23-26-29-32-35-39-43-47-51-55-59-63-69(74)68(67-73)72-70(75)64-60-56-52-48-44-40-36-33-30-27-24-25-28-31-34-38-42-46-50-54-58-62-66-77-71(76)65-61-57-53-49-45-41-37-20-18-16-14-12-10-8-6-4-2/h14,16,20,37,59,63,68-69,73-74H,3-13,15,17-19,21-36,38-58,60-62,64-67H2,1-2H3,(H,72,75)/b16-14-,37-20-,63-59+. The highest BCUT2D eigenvalue weighted by atomic mass is 16.5. The summed E-state index contributed by atoms with van der Waals surface area (Å²) < 4.78 is 5.49. The second-order valence-electron chi connectivity index (χ2n) is 23.9. The molecule has 3 N–H and O–H groups in total. The fourth-order valence-corrected chi connectivity index (χ4v) is 10.8. The molecule has 0 aliphatic heterocycles. The van der Waals surface area contributed by atoms with Gasteiger partial charge < -0.3 is 20.3 Å². The van der Waals surface area contributed by atoms with Crippen molar-refractivity contribution in [1.82, 2.24) is 5.32 Å². The summed E-state index contributed by atoms with van der Waals surface area (Å²) in [5.41, 5.74) is 0. The van der Waals surface area contributed by atoms with Gasteiger partial charge in [-0.3, -0.25) is 9.59 Å². The zero-order valence-corrected chi connectivity index (χ0v) is 52.0. The fraction of sp³-hybridized carbons (Fsp3) is 0.887. The summed E-state index contributed by atoms with van der Waals surface area (Å²) in [6.07, 6.45) is 84.9. The molecule has 0 aliphatic rings. The van der Waals surface area contributed by atoms with Crippen LogP contribution in [0.2, 0.25) is 0 Å². The Hall–Kier alpha value is -1.92. The van der Waals surface area contributed by atoms with Crippen LogP contribution in [0.1, 0.15) is 380 Å². The number of aliphatic hydroxyl groups is 2. The molecule has 454 valence electrons. The molecule has 0 aromatic heterocycles. The van der Waals surface area contributed by atoms with Crippen LogP contribution >= 0.6 is 0 Å². The number of esters is 1. The molecule has 2 unspecified atom stereocenters. The zero-order valence-electron chi connectivity index (χ0n) is 52.0. The quantitative estimate of drug-likeness (QED) is 0.0320. The number of unbranched alkanes of at least 4 members (excludes halogenated alkanes) is 50. The first-order chi connectivity index (χ1) is 38.0. The van der Waals surface area contributed by atoms with Crippen LogP contribution < -0.4 is 5.32 Å². The molecule has 0 spiro atoms. The van der Waals surface area contributed by atoms with Gasteiger partial charge in [-0.25, -0.2) is 0 Å². The maximum absolute atomic E-state index is 12.5. The van der Waals surface area contributed by atoms with Gasteiger partial charge in [-0.2, -0.15) is 0 Å². The van der Waals surface area contributed by atoms with E-state index in [9.17, 15) is 19.8 Å². The third-order valence-corrected chi connectivity index (χ3v) is 16.2. The van der Waals surface area contributed by atoms with Crippen LogP contribution in [0.5, 0.6) is 0 Å². The molecular weight excluding hydrogens is 947 g/mol. The van der Waals surface area contributed by atoms with Gasteiger partial charge in [0, 0.05) is 12.8 Å². The molecule has 0 bridgehead atoms. The average Bonchev–Trinajstić information content (AvgIpc) is 3.43. The molecule has 0 saturated carbocycles. The SMILES string of the molecule is CCCCCC/C=C\C/C=C\CCCCCCCC(=O)OCCCCCCCCCCCCCCCCCCCCCCCCC(=O)NC(CO)C(O)/C=C/CCCCCCCCCCCCCCCCCCCCCC. The number of hydrogen-bond acceptors (Lipinski definition) is 5. The van der Waals surface area contributed by atoms with Crippen molar-refractivity contribution in [1.29, 1.82) is 0 Å². The third kappa shape index (κ3) is 63.1. The zero-order chi connectivity index (χ0) is 55.7. The summed E-state index contributed by atoms with van der Waals surface area (Å²) in [7, 11) is 0. The Balaban J connectivity index is 3.41. The van der Waals surface area contributed by atoms with Gasteiger partial charge in [0.1, 0.15) is 0 Å². The number of allylic oxidation sites excluding steroid dienone is 5. The molecule has 0 radical (unpaired) electrons. The number of carbonyl (C=O) groups excluding carboxylic acids is 2. The molecule has 0 aliphatic carbocycles. The minimum atomic E-state index is -0.846. The third-order valence-electron chi connectivity index (χ3n) is 16.2. The largest absolute Gasteiger partial charge is 0.466 e. The molecule has 2 atom stereocenters. The van der Waals surface area contributed by atoms with E-state index in [1.165, 1.54) is 302 Å². The van der Waals surface area contributed by atoms with Crippen LogP contribution in [0.25, 0.3) is 0 Å². The van der Waals surface area contributed by atoms with Gasteiger partial charge in [-0.1, -0.05) is 339 Å². The smallest absolute Gasteiger partial charge is 0.305 e. The Kier molecular flexibility index (Phi) is 64.9. The van der Waals surface area contributed by atoms with E-state index in [0.29, 0.717) is 19.4 Å². The van der Waals surface area contributed by atoms with E-state index in [-0.39, 0.29) is 18.5 Å². The van der Waals surface area contributed by atoms with Crippen molar-refractivity contribution in [3.05, 3.63) is 36.5 Å². The van der Waals surface area contributed by atoms with Gasteiger partial charge in [0.25, 0.3) is 0 Å². The van der Waals surface area contributed by atoms with Crippen LogP contribution in [-0.2, 0) is 14.3 Å². The lowest BCUT2D eigenvalue weighted by molar-refractivity contribution is -0.143. The summed E-state index contributed by atoms with van der Waals surface area (Å²) in [4.78, 5) is 24.6. The van der Waals surface area contributed by atoms with E-state index in [0.717, 1.165) is 51.4 Å². The number of amides is 1. The van der Waals surface area contributed by atoms with Crippen molar-refractivity contribution in [2.75, 3.05) is 13.2 Å². The van der Waals surface area contributed by atoms with Crippen LogP contribution in [0, 0.1) is 0 Å². The normalized spacial score (nSPS) is 12.7. The molecule has 0 aromatic rings. The van der Waals surface area contributed by atoms with Crippen molar-refractivity contribution in [2.45, 2.75) is 392 Å². The summed E-state index contributed by atoms with van der Waals surface area (Å²) in [6, 6.07) is -0.630. The van der Waals surface area contributed by atoms with Crippen molar-refractivity contribution in [3.63, 3.8) is 0 Å². The number of carbonyl (C=O) groups is 2. The topological polar surface area (TPSA) is 95.9 Å². The summed E-state index contributed by atoms with van der Waals surface area (Å²) in [6.45, 7) is 4.91. The van der Waals surface area contributed by atoms with E-state index in [1.54, 1.807) is 6.08 Å². The molecular formula is C71H135NO5. The minimum absolute atomic E-state index is 0.000217. The first kappa shape index (κ1) is 75.1. The lowest BCUT2D eigenvalue weighted by Gasteiger charge is -2.20. The fourth-order valence-electron chi connectivity index (χ4n) is 10.8. The molecule has 0 saturated heterocycles. The predicted octanol–water partition coefficient (Wildman–Crippen LogP) is 22.3. The van der Waals surface area contributed by atoms with Crippen LogP contribution in [-0.4, -0.2) is 47.4 Å². The first-order valence-electron chi connectivity index (χ1n) is 34.8. The number of ether oxygens (including phenoxy) is 1. The van der Waals surface area contributed by atoms with Crippen molar-refractivity contribution >= 4 is 11.9 Å². The van der Waals surface area contributed by atoms with Crippen LogP contribution in [0.3, 0.4) is 0 Å². The molecule has 0 fully saturated rings. The average molecular weight is 1080 g/mol. The second kappa shape index (κ2) is 66.6. The van der Waals surface area contributed by atoms with E-state index < -0.39 is 12.1 Å². The molecule has 0 aromatic carbocycles. The Morgan fingerprint density at radius 1 is 0.364 bits per heavy atom. The summed E-state index contributed by atoms with van der Waals surface area (Å²) in [5.74, 6) is -0.0650. The Bertz CT molecular complexity index is 1250. The molecule has 6 heteroatoms. The Morgan fingerprint density at radius 2 is 0.649 bits per heavy atom. The van der Waals surface area contributed by atoms with Gasteiger partial charge >= 0.3 is 5.97 Å². The molecule has 6 nitrogen and oxygen atoms in total. The van der Waals surface area contributed by atoms with Crippen molar-refractivity contribution in [2.24, 2.45) is 0 Å². The number of rotatable bonds is 65. The lowest BCUT2D eigenvalue weighted by atomic mass is 10.0. The second-order valence-corrected chi connectivity index (χ2v) is 23.9. The number of aliphatic hydroxyl groups excluding tert-OH is 2. The summed E-state index contributed by atoms with van der Waals surface area (Å²) in [5, 5.41) is 23.3. The van der Waals surface area contributed by atoms with Gasteiger partial charge in [-0.05, 0) is 64.2 Å². The predicted molar refractivity (Wildman–Crippen MR) is 338 cm³/mol. The lowest BCUT2D eigenvalue weighted by Crippen LogP contribution is -2.45. The van der Waals surface area contributed by atoms with E-state index in [2.05, 4.69) is 43.5 Å².